The van der Waals surface area contributed by atoms with Crippen LogP contribution in [0, 0.1) is 16.9 Å². The van der Waals surface area contributed by atoms with E-state index in [0.717, 1.165) is 25.5 Å². The zero-order valence-corrected chi connectivity index (χ0v) is 20.9. The third-order valence-corrected chi connectivity index (χ3v) is 7.24. The molecule has 6 rings (SSSR count). The van der Waals surface area contributed by atoms with Gasteiger partial charge >= 0.3 is 6.55 Å². The maximum Gasteiger partial charge on any atom is 0.334 e. The van der Waals surface area contributed by atoms with Gasteiger partial charge in [0, 0.05) is 17.8 Å². The van der Waals surface area contributed by atoms with E-state index in [1.807, 2.05) is 0 Å². The van der Waals surface area contributed by atoms with Crippen molar-refractivity contribution in [3.05, 3.63) is 77.1 Å². The Morgan fingerprint density at radius 1 is 1.08 bits per heavy atom. The molecule has 39 heavy (non-hydrogen) atoms. The largest absolute Gasteiger partial charge is 0.618 e. The standard InChI is InChI=1S/C24H20ClF3N10O/c25-17-5-7-20(37-13-29-32-34-37)22(23(17)26)15-4-6-19(38(39)11-15)21(8-14-2-1-3-14)35-10-16(9-30-35)18-12-36(24(27)28)33-31-18/h4-7,9-14,21,24H,1-3,8H2/t21-/m0/s1. The molecule has 11 nitrogen and oxygen atoms in total. The molecule has 1 aliphatic carbocycles. The highest BCUT2D eigenvalue weighted by Gasteiger charge is 2.30. The predicted molar refractivity (Wildman–Crippen MR) is 131 cm³/mol. The molecule has 200 valence electrons. The lowest BCUT2D eigenvalue weighted by Crippen LogP contribution is -2.36. The van der Waals surface area contributed by atoms with Crippen LogP contribution in [0.3, 0.4) is 0 Å². The first-order valence-corrected chi connectivity index (χ1v) is 12.5. The number of rotatable bonds is 8. The molecule has 1 fully saturated rings. The van der Waals surface area contributed by atoms with Gasteiger partial charge in [0.05, 0.1) is 34.2 Å². The lowest BCUT2D eigenvalue weighted by molar-refractivity contribution is -0.615. The number of tetrazole rings is 1. The molecule has 4 heterocycles. The van der Waals surface area contributed by atoms with Crippen LogP contribution in [-0.4, -0.2) is 45.0 Å². The molecule has 0 aliphatic heterocycles. The van der Waals surface area contributed by atoms with E-state index in [0.29, 0.717) is 38.7 Å². The van der Waals surface area contributed by atoms with Gasteiger partial charge in [0.1, 0.15) is 18.1 Å². The number of aromatic nitrogens is 10. The van der Waals surface area contributed by atoms with Gasteiger partial charge in [0.2, 0.25) is 5.69 Å². The number of hydrogen-bond donors (Lipinski definition) is 0. The van der Waals surface area contributed by atoms with E-state index in [4.69, 9.17) is 11.6 Å². The van der Waals surface area contributed by atoms with Crippen LogP contribution in [0.5, 0.6) is 0 Å². The molecule has 0 radical (unpaired) electrons. The molecular formula is C24H20ClF3N10O. The second-order valence-corrected chi connectivity index (χ2v) is 9.70. The first-order valence-electron chi connectivity index (χ1n) is 12.1. The summed E-state index contributed by atoms with van der Waals surface area (Å²) in [5.74, 6) is -0.309. The van der Waals surface area contributed by atoms with E-state index in [-0.39, 0.29) is 21.8 Å². The normalized spacial score (nSPS) is 14.6. The van der Waals surface area contributed by atoms with E-state index < -0.39 is 18.4 Å². The summed E-state index contributed by atoms with van der Waals surface area (Å²) in [6, 6.07) is 5.77. The highest BCUT2D eigenvalue weighted by Crippen LogP contribution is 2.37. The molecule has 1 aliphatic rings. The molecule has 1 saturated carbocycles. The molecule has 0 unspecified atom stereocenters. The Morgan fingerprint density at radius 3 is 2.59 bits per heavy atom. The van der Waals surface area contributed by atoms with Gasteiger partial charge in [-0.2, -0.15) is 28.0 Å². The minimum atomic E-state index is -2.81. The number of hydrogen-bond acceptors (Lipinski definition) is 7. The smallest absolute Gasteiger partial charge is 0.334 e. The summed E-state index contributed by atoms with van der Waals surface area (Å²) in [6.07, 6.45) is 10.7. The number of nitrogens with zero attached hydrogens (tertiary/aromatic N) is 10. The lowest BCUT2D eigenvalue weighted by atomic mass is 9.80. The minimum absolute atomic E-state index is 0.0741. The zero-order valence-electron chi connectivity index (χ0n) is 20.1. The Kier molecular flexibility index (Phi) is 6.46. The maximum absolute atomic E-state index is 15.2. The number of alkyl halides is 2. The van der Waals surface area contributed by atoms with Gasteiger partial charge in [0.25, 0.3) is 0 Å². The van der Waals surface area contributed by atoms with Crippen molar-refractivity contribution in [2.75, 3.05) is 0 Å². The Morgan fingerprint density at radius 2 is 1.92 bits per heavy atom. The van der Waals surface area contributed by atoms with Crippen molar-refractivity contribution < 1.29 is 17.9 Å². The van der Waals surface area contributed by atoms with Crippen LogP contribution < -0.4 is 4.73 Å². The number of benzene rings is 1. The van der Waals surface area contributed by atoms with Crippen LogP contribution in [0.4, 0.5) is 13.2 Å². The molecule has 0 N–H and O–H groups in total. The van der Waals surface area contributed by atoms with Gasteiger partial charge in [-0.15, -0.1) is 10.2 Å². The van der Waals surface area contributed by atoms with E-state index in [1.54, 1.807) is 29.1 Å². The Bertz CT molecular complexity index is 1620. The van der Waals surface area contributed by atoms with Crippen LogP contribution in [0.25, 0.3) is 28.1 Å². The van der Waals surface area contributed by atoms with Crippen molar-refractivity contribution >= 4 is 11.6 Å². The third-order valence-electron chi connectivity index (χ3n) is 6.95. The molecule has 4 aromatic heterocycles. The maximum atomic E-state index is 15.2. The van der Waals surface area contributed by atoms with E-state index in [1.165, 1.54) is 29.5 Å². The second-order valence-electron chi connectivity index (χ2n) is 9.30. The summed E-state index contributed by atoms with van der Waals surface area (Å²) in [7, 11) is 0. The zero-order chi connectivity index (χ0) is 27.1. The number of pyridine rings is 1. The molecule has 0 saturated heterocycles. The summed E-state index contributed by atoms with van der Waals surface area (Å²) in [4.78, 5) is 0. The molecule has 0 bridgehead atoms. The van der Waals surface area contributed by atoms with Gasteiger partial charge in [-0.3, -0.25) is 4.68 Å². The second kappa shape index (κ2) is 10.1. The van der Waals surface area contributed by atoms with Crippen LogP contribution in [0.2, 0.25) is 5.02 Å². The van der Waals surface area contributed by atoms with Crippen molar-refractivity contribution in [2.45, 2.75) is 38.3 Å². The average Bonchev–Trinajstić information content (AvgIpc) is 3.67. The summed E-state index contributed by atoms with van der Waals surface area (Å²) < 4.78 is 45.2. The molecule has 0 amide bonds. The number of halogens is 4. The monoisotopic (exact) mass is 556 g/mol. The van der Waals surface area contributed by atoms with E-state index in [2.05, 4.69) is 30.9 Å². The van der Waals surface area contributed by atoms with Crippen LogP contribution in [0.15, 0.2) is 55.4 Å². The van der Waals surface area contributed by atoms with Gasteiger partial charge in [-0.25, -0.2) is 4.39 Å². The fourth-order valence-corrected chi connectivity index (χ4v) is 4.89. The van der Waals surface area contributed by atoms with Gasteiger partial charge in [-0.1, -0.05) is 36.1 Å². The quantitative estimate of drug-likeness (QED) is 0.205. The molecule has 1 atom stereocenters. The van der Waals surface area contributed by atoms with Gasteiger partial charge in [-0.05, 0) is 41.0 Å². The van der Waals surface area contributed by atoms with E-state index in [9.17, 15) is 14.0 Å². The van der Waals surface area contributed by atoms with Crippen molar-refractivity contribution in [1.82, 2.24) is 45.0 Å². The molecule has 1 aromatic carbocycles. The fraction of sp³-hybridized carbons (Fsp3) is 0.292. The predicted octanol–water partition coefficient (Wildman–Crippen LogP) is 4.38. The lowest BCUT2D eigenvalue weighted by Gasteiger charge is -2.29. The first-order chi connectivity index (χ1) is 18.9. The van der Waals surface area contributed by atoms with Crippen LogP contribution in [-0.2, 0) is 0 Å². The SMILES string of the molecule is [O-][n+]1cc(-c2c(-n3cnnn3)ccc(Cl)c2F)ccc1[C@H](CC1CCC1)n1cc(-c2cn(C(F)F)nn2)cn1. The molecule has 15 heteroatoms. The molecule has 5 aromatic rings. The fourth-order valence-electron chi connectivity index (χ4n) is 4.73. The Labute approximate surface area is 224 Å². The highest BCUT2D eigenvalue weighted by atomic mass is 35.5. The van der Waals surface area contributed by atoms with Crippen molar-refractivity contribution in [2.24, 2.45) is 5.92 Å². The Hall–Kier alpha value is -4.33. The summed E-state index contributed by atoms with van der Waals surface area (Å²) in [6.45, 7) is -2.81. The Balaban J connectivity index is 1.38. The topological polar surface area (TPSA) is 119 Å². The van der Waals surface area contributed by atoms with Crippen LogP contribution in [0.1, 0.15) is 44.0 Å². The van der Waals surface area contributed by atoms with Gasteiger partial charge in [0.15, 0.2) is 12.0 Å². The van der Waals surface area contributed by atoms with Crippen molar-refractivity contribution in [3.8, 4) is 28.1 Å². The summed E-state index contributed by atoms with van der Waals surface area (Å²) in [5.41, 5.74) is 1.79. The highest BCUT2D eigenvalue weighted by molar-refractivity contribution is 6.31. The van der Waals surface area contributed by atoms with Crippen LogP contribution >= 0.6 is 11.6 Å². The first kappa shape index (κ1) is 25.0. The minimum Gasteiger partial charge on any atom is -0.618 e. The third kappa shape index (κ3) is 4.71. The van der Waals surface area contributed by atoms with Gasteiger partial charge < -0.3 is 5.21 Å². The molecule has 0 spiro atoms. The summed E-state index contributed by atoms with van der Waals surface area (Å²) >= 11 is 6.06. The van der Waals surface area contributed by atoms with E-state index >= 15 is 4.39 Å². The van der Waals surface area contributed by atoms with Crippen molar-refractivity contribution in [1.29, 1.82) is 0 Å². The molecular weight excluding hydrogens is 537 g/mol. The average molecular weight is 557 g/mol. The van der Waals surface area contributed by atoms with Crippen molar-refractivity contribution in [3.63, 3.8) is 0 Å². The summed E-state index contributed by atoms with van der Waals surface area (Å²) in [5, 5.41) is 36.0.